The van der Waals surface area contributed by atoms with E-state index in [4.69, 9.17) is 4.98 Å². The van der Waals surface area contributed by atoms with Crippen LogP contribution in [0.5, 0.6) is 0 Å². The average Bonchev–Trinajstić information content (AvgIpc) is 3.52. The lowest BCUT2D eigenvalue weighted by Gasteiger charge is -2.13. The molecule has 9 heteroatoms. The van der Waals surface area contributed by atoms with E-state index in [1.807, 2.05) is 56.6 Å². The summed E-state index contributed by atoms with van der Waals surface area (Å²) in [4.78, 5) is 19.2. The second-order valence-electron chi connectivity index (χ2n) is 9.17. The summed E-state index contributed by atoms with van der Waals surface area (Å²) in [7, 11) is 4.01. The first-order valence-corrected chi connectivity index (χ1v) is 12.0. The number of H-pyrrole nitrogens is 2. The highest BCUT2D eigenvalue weighted by molar-refractivity contribution is 6.00. The molecule has 0 radical (unpaired) electrons. The number of anilines is 1. The van der Waals surface area contributed by atoms with E-state index in [1.165, 1.54) is 12.1 Å². The highest BCUT2D eigenvalue weighted by Gasteiger charge is 2.16. The fraction of sp³-hybridized carbons (Fsp3) is 0.143. The lowest BCUT2D eigenvalue weighted by molar-refractivity contribution is 0.425. The molecule has 6 aromatic rings. The van der Waals surface area contributed by atoms with Crippen molar-refractivity contribution in [1.82, 2.24) is 35.0 Å². The Morgan fingerprint density at radius 2 is 1.89 bits per heavy atom. The smallest absolute Gasteiger partial charge is 0.135 e. The van der Waals surface area contributed by atoms with Crippen LogP contribution in [0.2, 0.25) is 0 Å². The molecule has 5 heterocycles. The molecule has 0 aliphatic rings. The second-order valence-corrected chi connectivity index (χ2v) is 9.17. The predicted octanol–water partition coefficient (Wildman–Crippen LogP) is 5.34. The van der Waals surface area contributed by atoms with Crippen LogP contribution >= 0.6 is 0 Å². The van der Waals surface area contributed by atoms with E-state index in [9.17, 15) is 4.39 Å². The monoisotopic (exact) mass is 492 g/mol. The number of fused-ring (bicyclic) bond motifs is 2. The van der Waals surface area contributed by atoms with Crippen LogP contribution in [-0.4, -0.2) is 62.2 Å². The zero-order chi connectivity index (χ0) is 25.4. The van der Waals surface area contributed by atoms with Gasteiger partial charge >= 0.3 is 0 Å². The third kappa shape index (κ3) is 4.52. The van der Waals surface area contributed by atoms with Crippen LogP contribution in [0.1, 0.15) is 0 Å². The number of benzene rings is 1. The Labute approximate surface area is 212 Å². The van der Waals surface area contributed by atoms with Crippen molar-refractivity contribution in [1.29, 1.82) is 0 Å². The minimum atomic E-state index is -0.304. The highest BCUT2D eigenvalue weighted by atomic mass is 19.1. The van der Waals surface area contributed by atoms with Gasteiger partial charge in [-0.3, -0.25) is 15.1 Å². The van der Waals surface area contributed by atoms with Crippen molar-refractivity contribution in [2.75, 3.05) is 32.5 Å². The van der Waals surface area contributed by atoms with Crippen LogP contribution in [0.3, 0.4) is 0 Å². The Hall–Kier alpha value is -4.63. The van der Waals surface area contributed by atoms with Crippen LogP contribution in [0, 0.1) is 5.82 Å². The third-order valence-electron chi connectivity index (χ3n) is 6.23. The van der Waals surface area contributed by atoms with Crippen molar-refractivity contribution in [3.63, 3.8) is 0 Å². The maximum atomic E-state index is 14.6. The van der Waals surface area contributed by atoms with Gasteiger partial charge in [0.15, 0.2) is 0 Å². The van der Waals surface area contributed by atoms with Gasteiger partial charge in [-0.1, -0.05) is 6.07 Å². The summed E-state index contributed by atoms with van der Waals surface area (Å²) in [5.41, 5.74) is 7.75. The summed E-state index contributed by atoms with van der Waals surface area (Å²) < 4.78 is 14.6. The van der Waals surface area contributed by atoms with Crippen molar-refractivity contribution >= 4 is 27.6 Å². The summed E-state index contributed by atoms with van der Waals surface area (Å²) in [5.74, 6) is -0.304. The van der Waals surface area contributed by atoms with Gasteiger partial charge in [0.05, 0.1) is 34.3 Å². The molecule has 0 bridgehead atoms. The van der Waals surface area contributed by atoms with Gasteiger partial charge in [0.1, 0.15) is 17.0 Å². The lowest BCUT2D eigenvalue weighted by Crippen LogP contribution is -2.20. The molecule has 0 fully saturated rings. The molecule has 0 spiro atoms. The molecule has 3 N–H and O–H groups in total. The van der Waals surface area contributed by atoms with Crippen molar-refractivity contribution in [2.45, 2.75) is 0 Å². The van der Waals surface area contributed by atoms with E-state index in [-0.39, 0.29) is 5.82 Å². The summed E-state index contributed by atoms with van der Waals surface area (Å²) in [5, 5.41) is 11.8. The molecule has 6 rings (SSSR count). The van der Waals surface area contributed by atoms with E-state index in [0.29, 0.717) is 12.2 Å². The highest BCUT2D eigenvalue weighted by Crippen LogP contribution is 2.34. The number of pyridine rings is 3. The van der Waals surface area contributed by atoms with Gasteiger partial charge in [-0.25, -0.2) is 9.37 Å². The molecule has 0 unspecified atom stereocenters. The minimum absolute atomic E-state index is 0.304. The molecule has 37 heavy (non-hydrogen) atoms. The fourth-order valence-corrected chi connectivity index (χ4v) is 4.42. The van der Waals surface area contributed by atoms with Crippen molar-refractivity contribution in [2.24, 2.45) is 0 Å². The summed E-state index contributed by atoms with van der Waals surface area (Å²) >= 11 is 0. The van der Waals surface area contributed by atoms with Crippen LogP contribution in [0.4, 0.5) is 10.1 Å². The molecule has 8 nitrogen and oxygen atoms in total. The number of nitrogens with zero attached hydrogens (tertiary/aromatic N) is 5. The number of hydrogen-bond donors (Lipinski definition) is 3. The predicted molar refractivity (Wildman–Crippen MR) is 145 cm³/mol. The van der Waals surface area contributed by atoms with E-state index >= 15 is 0 Å². The number of nitrogens with one attached hydrogen (secondary N) is 3. The topological polar surface area (TPSA) is 98.4 Å². The first-order chi connectivity index (χ1) is 18.0. The van der Waals surface area contributed by atoms with E-state index in [0.717, 1.165) is 62.4 Å². The van der Waals surface area contributed by atoms with Gasteiger partial charge in [0, 0.05) is 42.1 Å². The van der Waals surface area contributed by atoms with Crippen molar-refractivity contribution in [3.05, 3.63) is 79.0 Å². The fourth-order valence-electron chi connectivity index (χ4n) is 4.42. The molecule has 0 atom stereocenters. The SMILES string of the molecule is CN(C)CCNc1cc(F)cc(-c2cncc3[nH]c(-c4n[nH]c5ccc(-c6ccccn6)nc45)cc23)c1. The largest absolute Gasteiger partial charge is 0.384 e. The number of rotatable bonds is 7. The number of aromatic nitrogens is 6. The van der Waals surface area contributed by atoms with Gasteiger partial charge < -0.3 is 15.2 Å². The maximum absolute atomic E-state index is 14.6. The van der Waals surface area contributed by atoms with Crippen molar-refractivity contribution < 1.29 is 4.39 Å². The van der Waals surface area contributed by atoms with Crippen LogP contribution in [0.25, 0.3) is 55.8 Å². The molecule has 0 saturated heterocycles. The van der Waals surface area contributed by atoms with Crippen LogP contribution in [-0.2, 0) is 0 Å². The average molecular weight is 493 g/mol. The number of likely N-dealkylation sites (N-methyl/N-ethyl adjacent to an activating group) is 1. The first-order valence-electron chi connectivity index (χ1n) is 12.0. The quantitative estimate of drug-likeness (QED) is 0.278. The van der Waals surface area contributed by atoms with Crippen molar-refractivity contribution in [3.8, 4) is 33.9 Å². The minimum Gasteiger partial charge on any atom is -0.384 e. The van der Waals surface area contributed by atoms with Crippen LogP contribution < -0.4 is 5.32 Å². The Kier molecular flexibility index (Phi) is 5.82. The Morgan fingerprint density at radius 1 is 0.973 bits per heavy atom. The normalized spacial score (nSPS) is 11.6. The van der Waals surface area contributed by atoms with E-state index in [1.54, 1.807) is 18.6 Å². The zero-order valence-electron chi connectivity index (χ0n) is 20.5. The van der Waals surface area contributed by atoms with Gasteiger partial charge in [0.25, 0.3) is 0 Å². The van der Waals surface area contributed by atoms with Gasteiger partial charge in [-0.05, 0) is 68.2 Å². The number of halogens is 1. The molecule has 0 aliphatic heterocycles. The maximum Gasteiger partial charge on any atom is 0.135 e. The Bertz CT molecular complexity index is 1700. The first kappa shape index (κ1) is 22.8. The van der Waals surface area contributed by atoms with Gasteiger partial charge in [-0.15, -0.1) is 0 Å². The molecular formula is C28H25FN8. The van der Waals surface area contributed by atoms with E-state index < -0.39 is 0 Å². The van der Waals surface area contributed by atoms with Crippen LogP contribution in [0.15, 0.2) is 73.2 Å². The number of aromatic amines is 2. The second kappa shape index (κ2) is 9.44. The lowest BCUT2D eigenvalue weighted by atomic mass is 10.0. The third-order valence-corrected chi connectivity index (χ3v) is 6.23. The molecule has 0 amide bonds. The summed E-state index contributed by atoms with van der Waals surface area (Å²) in [6.45, 7) is 1.56. The van der Waals surface area contributed by atoms with Gasteiger partial charge in [-0.2, -0.15) is 5.10 Å². The summed E-state index contributed by atoms with van der Waals surface area (Å²) in [6, 6.07) is 16.6. The molecule has 0 aliphatic carbocycles. The standard InChI is InChI=1S/C28H25FN8/c1-37(2)10-9-31-19-12-17(11-18(29)13-19)21-15-30-16-26-20(21)14-25(33-26)28-27-24(35-36-28)7-6-23(34-27)22-5-3-4-8-32-22/h3-8,11-16,31,33H,9-10H2,1-2H3,(H,35,36). The molecule has 1 aromatic carbocycles. The van der Waals surface area contributed by atoms with Gasteiger partial charge in [0.2, 0.25) is 0 Å². The Morgan fingerprint density at radius 3 is 2.73 bits per heavy atom. The Balaban J connectivity index is 1.41. The molecule has 0 saturated carbocycles. The molecular weight excluding hydrogens is 467 g/mol. The zero-order valence-corrected chi connectivity index (χ0v) is 20.5. The van der Waals surface area contributed by atoms with E-state index in [2.05, 4.69) is 35.4 Å². The summed E-state index contributed by atoms with van der Waals surface area (Å²) in [6.07, 6.45) is 5.27. The molecule has 5 aromatic heterocycles. The number of hydrogen-bond acceptors (Lipinski definition) is 6. The molecule has 184 valence electrons.